The number of rotatable bonds is 3. The quantitative estimate of drug-likeness (QED) is 0.620. The van der Waals surface area contributed by atoms with Crippen LogP contribution in [0.2, 0.25) is 0 Å². The second-order valence-electron chi connectivity index (χ2n) is 4.65. The van der Waals surface area contributed by atoms with Gasteiger partial charge in [0.25, 0.3) is 0 Å². The van der Waals surface area contributed by atoms with Crippen LogP contribution in [-0.2, 0) is 19.1 Å². The van der Waals surface area contributed by atoms with Gasteiger partial charge in [-0.05, 0) is 18.6 Å². The van der Waals surface area contributed by atoms with E-state index in [-0.39, 0.29) is 5.97 Å². The molecule has 0 N–H and O–H groups in total. The number of carbonyl (C=O) groups excluding carboxylic acids is 2. The van der Waals surface area contributed by atoms with Crippen molar-refractivity contribution in [2.75, 3.05) is 14.2 Å². The molecule has 0 saturated heterocycles. The Balaban J connectivity index is 0.000000378. The van der Waals surface area contributed by atoms with Crippen molar-refractivity contribution in [1.82, 2.24) is 0 Å². The third-order valence-corrected chi connectivity index (χ3v) is 2.72. The minimum absolute atomic E-state index is 0.334. The van der Waals surface area contributed by atoms with E-state index in [9.17, 15) is 9.59 Å². The van der Waals surface area contributed by atoms with Gasteiger partial charge in [0.15, 0.2) is 0 Å². The molecule has 0 fully saturated rings. The van der Waals surface area contributed by atoms with Crippen molar-refractivity contribution < 1.29 is 19.1 Å². The predicted octanol–water partition coefficient (Wildman–Crippen LogP) is 4.21. The van der Waals surface area contributed by atoms with Gasteiger partial charge >= 0.3 is 11.9 Å². The van der Waals surface area contributed by atoms with Gasteiger partial charge in [0.1, 0.15) is 0 Å². The van der Waals surface area contributed by atoms with Crippen LogP contribution in [0.1, 0.15) is 11.1 Å². The van der Waals surface area contributed by atoms with Gasteiger partial charge in [0.05, 0.1) is 14.2 Å². The van der Waals surface area contributed by atoms with Crippen LogP contribution in [0.5, 0.6) is 0 Å². The highest BCUT2D eigenvalue weighted by molar-refractivity contribution is 5.86. The topological polar surface area (TPSA) is 52.6 Å². The van der Waals surface area contributed by atoms with Crippen molar-refractivity contribution >= 4 is 18.0 Å². The summed E-state index contributed by atoms with van der Waals surface area (Å²) in [6.07, 6.45) is 4.22. The predicted molar refractivity (Wildman–Crippen MR) is 101 cm³/mol. The minimum atomic E-state index is -0.394. The lowest BCUT2D eigenvalue weighted by Gasteiger charge is -1.91. The molecule has 0 bridgehead atoms. The second kappa shape index (κ2) is 14.5. The Hall–Kier alpha value is -3.14. The molecule has 0 heterocycles. The molecular weight excluding hydrogens is 316 g/mol. The lowest BCUT2D eigenvalue weighted by molar-refractivity contribution is -0.135. The first kappa shape index (κ1) is 21.9. The third kappa shape index (κ3) is 13.0. The molecule has 0 aliphatic heterocycles. The van der Waals surface area contributed by atoms with Gasteiger partial charge in [-0.15, -0.1) is 0 Å². The summed E-state index contributed by atoms with van der Waals surface area (Å²) in [6, 6.07) is 19.8. The summed E-state index contributed by atoms with van der Waals surface area (Å²) in [6.45, 7) is 5.24. The molecule has 4 nitrogen and oxygen atoms in total. The molecule has 0 aromatic heterocycles. The molecular formula is C21H24O4. The average Bonchev–Trinajstić information content (AvgIpc) is 2.67. The zero-order valence-corrected chi connectivity index (χ0v) is 14.8. The maximum absolute atomic E-state index is 10.7. The van der Waals surface area contributed by atoms with E-state index < -0.39 is 5.97 Å². The second-order valence-corrected chi connectivity index (χ2v) is 4.65. The van der Waals surface area contributed by atoms with Crippen LogP contribution in [0, 0.1) is 6.92 Å². The summed E-state index contributed by atoms with van der Waals surface area (Å²) >= 11 is 0. The average molecular weight is 340 g/mol. The van der Waals surface area contributed by atoms with E-state index in [1.807, 2.05) is 48.5 Å². The largest absolute Gasteiger partial charge is 0.466 e. The van der Waals surface area contributed by atoms with E-state index >= 15 is 0 Å². The molecule has 0 amide bonds. The number of esters is 2. The molecule has 0 aliphatic rings. The van der Waals surface area contributed by atoms with Crippen molar-refractivity contribution in [2.45, 2.75) is 6.92 Å². The summed E-state index contributed by atoms with van der Waals surface area (Å²) in [5.41, 5.74) is 2.31. The Morgan fingerprint density at radius 3 is 1.64 bits per heavy atom. The molecule has 4 heteroatoms. The molecule has 0 saturated carbocycles. The first-order valence-corrected chi connectivity index (χ1v) is 7.56. The number of methoxy groups -OCH3 is 2. The van der Waals surface area contributed by atoms with Crippen LogP contribution in [0.25, 0.3) is 6.08 Å². The SMILES string of the molecule is C=CC(=O)OC.COC(=O)/C=C/c1ccccc1.Cc1ccccc1. The maximum Gasteiger partial charge on any atom is 0.330 e. The highest BCUT2D eigenvalue weighted by Crippen LogP contribution is 2.00. The molecule has 2 aromatic rings. The fourth-order valence-electron chi connectivity index (χ4n) is 1.41. The van der Waals surface area contributed by atoms with E-state index in [4.69, 9.17) is 0 Å². The Bertz CT molecular complexity index is 646. The number of carbonyl (C=O) groups is 2. The normalized spacial score (nSPS) is 8.92. The molecule has 0 spiro atoms. The maximum atomic E-state index is 10.7. The monoisotopic (exact) mass is 340 g/mol. The number of hydrogen-bond acceptors (Lipinski definition) is 4. The lowest BCUT2D eigenvalue weighted by Crippen LogP contribution is -1.92. The number of aryl methyl sites for hydroxylation is 1. The summed E-state index contributed by atoms with van der Waals surface area (Å²) in [5, 5.41) is 0. The summed E-state index contributed by atoms with van der Waals surface area (Å²) in [5.74, 6) is -0.728. The van der Waals surface area contributed by atoms with Crippen LogP contribution in [0.3, 0.4) is 0 Å². The molecule has 0 atom stereocenters. The zero-order valence-electron chi connectivity index (χ0n) is 14.8. The van der Waals surface area contributed by atoms with Crippen molar-refractivity contribution in [3.8, 4) is 0 Å². The zero-order chi connectivity index (χ0) is 18.9. The Kier molecular flexibility index (Phi) is 12.6. The first-order chi connectivity index (χ1) is 12.0. The smallest absolute Gasteiger partial charge is 0.330 e. The molecule has 132 valence electrons. The Morgan fingerprint density at radius 2 is 1.32 bits per heavy atom. The highest BCUT2D eigenvalue weighted by atomic mass is 16.5. The van der Waals surface area contributed by atoms with Crippen molar-refractivity contribution in [1.29, 1.82) is 0 Å². The Morgan fingerprint density at radius 1 is 0.840 bits per heavy atom. The van der Waals surface area contributed by atoms with Crippen LogP contribution in [0.15, 0.2) is 79.4 Å². The van der Waals surface area contributed by atoms with Crippen molar-refractivity contribution in [3.05, 3.63) is 90.5 Å². The van der Waals surface area contributed by atoms with Gasteiger partial charge in [0, 0.05) is 12.2 Å². The molecule has 25 heavy (non-hydrogen) atoms. The highest BCUT2D eigenvalue weighted by Gasteiger charge is 1.89. The number of benzene rings is 2. The van der Waals surface area contributed by atoms with Crippen LogP contribution < -0.4 is 0 Å². The molecule has 2 rings (SSSR count). The fourth-order valence-corrected chi connectivity index (χ4v) is 1.41. The first-order valence-electron chi connectivity index (χ1n) is 7.56. The van der Waals surface area contributed by atoms with E-state index in [2.05, 4.69) is 35.1 Å². The minimum Gasteiger partial charge on any atom is -0.466 e. The van der Waals surface area contributed by atoms with Crippen LogP contribution in [-0.4, -0.2) is 26.2 Å². The van der Waals surface area contributed by atoms with Gasteiger partial charge in [0.2, 0.25) is 0 Å². The number of hydrogen-bond donors (Lipinski definition) is 0. The van der Waals surface area contributed by atoms with Gasteiger partial charge in [-0.3, -0.25) is 0 Å². The lowest BCUT2D eigenvalue weighted by atomic mass is 10.2. The van der Waals surface area contributed by atoms with Crippen LogP contribution >= 0.6 is 0 Å². The van der Waals surface area contributed by atoms with Gasteiger partial charge in [-0.2, -0.15) is 0 Å². The van der Waals surface area contributed by atoms with E-state index in [1.165, 1.54) is 25.9 Å². The van der Waals surface area contributed by atoms with E-state index in [1.54, 1.807) is 6.08 Å². The van der Waals surface area contributed by atoms with Crippen molar-refractivity contribution in [2.24, 2.45) is 0 Å². The van der Waals surface area contributed by atoms with Crippen LogP contribution in [0.4, 0.5) is 0 Å². The molecule has 0 radical (unpaired) electrons. The van der Waals surface area contributed by atoms with Gasteiger partial charge in [-0.1, -0.05) is 72.8 Å². The Labute approximate surface area is 149 Å². The van der Waals surface area contributed by atoms with Gasteiger partial charge in [-0.25, -0.2) is 9.59 Å². The molecule has 0 aliphatic carbocycles. The molecule has 2 aromatic carbocycles. The van der Waals surface area contributed by atoms with E-state index in [0.29, 0.717) is 0 Å². The summed E-state index contributed by atoms with van der Waals surface area (Å²) < 4.78 is 8.59. The number of ether oxygens (including phenoxy) is 2. The molecule has 0 unspecified atom stereocenters. The van der Waals surface area contributed by atoms with E-state index in [0.717, 1.165) is 11.6 Å². The summed E-state index contributed by atoms with van der Waals surface area (Å²) in [7, 11) is 2.67. The third-order valence-electron chi connectivity index (χ3n) is 2.72. The fraction of sp³-hybridized carbons (Fsp3) is 0.143. The summed E-state index contributed by atoms with van der Waals surface area (Å²) in [4.78, 5) is 20.5. The standard InChI is InChI=1S/C10H10O2.C7H8.C4H6O2/c1-12-10(11)8-7-9-5-3-2-4-6-9;1-7-5-3-2-4-6-7;1-3-4(5)6-2/h2-8H,1H3;2-6H,1H3;3H,1H2,2H3/b8-7+;;. The van der Waals surface area contributed by atoms with Crippen molar-refractivity contribution in [3.63, 3.8) is 0 Å². The van der Waals surface area contributed by atoms with Gasteiger partial charge < -0.3 is 9.47 Å².